The fraction of sp³-hybridized carbons (Fsp3) is 0.0693. The van der Waals surface area contributed by atoms with Gasteiger partial charge >= 0.3 is 0 Å². The molecular formula is C101H86Cl5FN8O16S5. The molecule has 0 atom stereocenters. The number of benzene rings is 13. The summed E-state index contributed by atoms with van der Waals surface area (Å²) < 4.78 is 153. The Hall–Kier alpha value is -13.9. The van der Waals surface area contributed by atoms with Crippen molar-refractivity contribution in [2.24, 2.45) is 0 Å². The molecular weight excluding hydrogens is 1940 g/mol. The van der Waals surface area contributed by atoms with Crippen LogP contribution in [0, 0.1) is 19.7 Å². The second kappa shape index (κ2) is 47.8. The number of aryl methyl sites for hydroxylation is 3. The van der Waals surface area contributed by atoms with Crippen LogP contribution in [-0.4, -0.2) is 86.9 Å². The molecule has 24 nitrogen and oxygen atoms in total. The number of aromatic nitrogens is 2. The van der Waals surface area contributed by atoms with Gasteiger partial charge in [-0.05, 0) is 226 Å². The van der Waals surface area contributed by atoms with E-state index in [0.29, 0.717) is 36.9 Å². The summed E-state index contributed by atoms with van der Waals surface area (Å²) in [7, 11) is -19.4. The Morgan fingerprint density at radius 3 is 0.853 bits per heavy atom. The first-order chi connectivity index (χ1) is 63.8. The van der Waals surface area contributed by atoms with E-state index in [2.05, 4.69) is 38.9 Å². The molecule has 0 saturated carbocycles. The van der Waals surface area contributed by atoms with Gasteiger partial charge in [0.15, 0.2) is 17.3 Å². The van der Waals surface area contributed by atoms with Crippen LogP contribution < -0.4 is 28.9 Å². The van der Waals surface area contributed by atoms with Crippen LogP contribution in [0.25, 0.3) is 0 Å². The number of nitrogens with zero attached hydrogens (tertiary/aromatic N) is 2. The Labute approximate surface area is 813 Å². The third-order valence-electron chi connectivity index (χ3n) is 19.2. The van der Waals surface area contributed by atoms with Crippen LogP contribution in [0.2, 0.25) is 25.1 Å². The maximum atomic E-state index is 14.0. The first kappa shape index (κ1) is 106. The fourth-order valence-corrected chi connectivity index (χ4v) is 18.7. The van der Waals surface area contributed by atoms with Gasteiger partial charge in [0.25, 0.3) is 50.1 Å². The lowest BCUT2D eigenvalue weighted by Crippen LogP contribution is -2.16. The Morgan fingerprint density at radius 2 is 0.559 bits per heavy atom. The number of amides is 1. The second-order valence-electron chi connectivity index (χ2n) is 28.9. The van der Waals surface area contributed by atoms with Crippen molar-refractivity contribution in [3.63, 3.8) is 0 Å². The lowest BCUT2D eigenvalue weighted by molar-refractivity contribution is -0.114. The van der Waals surface area contributed by atoms with Crippen LogP contribution in [0.3, 0.4) is 0 Å². The van der Waals surface area contributed by atoms with Gasteiger partial charge in [0, 0.05) is 89.1 Å². The molecule has 0 bridgehead atoms. The summed E-state index contributed by atoms with van der Waals surface area (Å²) in [6.07, 6.45) is 3.80. The van der Waals surface area contributed by atoms with Crippen molar-refractivity contribution in [3.05, 3.63) is 456 Å². The number of rotatable bonds is 27. The number of carbonyl (C=O) groups is 6. The molecule has 0 aliphatic heterocycles. The van der Waals surface area contributed by atoms with Gasteiger partial charge in [-0.3, -0.25) is 62.3 Å². The molecule has 0 fully saturated rings. The van der Waals surface area contributed by atoms with Gasteiger partial charge in [0.2, 0.25) is 17.5 Å². The van der Waals surface area contributed by atoms with Crippen molar-refractivity contribution in [2.45, 2.75) is 73.4 Å². The fourth-order valence-electron chi connectivity index (χ4n) is 12.4. The molecule has 136 heavy (non-hydrogen) atoms. The summed E-state index contributed by atoms with van der Waals surface area (Å²) in [4.78, 5) is 83.4. The molecule has 698 valence electrons. The minimum Gasteiger partial charge on any atom is -0.326 e. The van der Waals surface area contributed by atoms with Crippen molar-refractivity contribution in [1.29, 1.82) is 0 Å². The Balaban J connectivity index is 0.000000190. The lowest BCUT2D eigenvalue weighted by Gasteiger charge is -2.13. The zero-order valence-corrected chi connectivity index (χ0v) is 78.8. The van der Waals surface area contributed by atoms with Gasteiger partial charge in [0.05, 0.1) is 58.5 Å². The maximum absolute atomic E-state index is 14.0. The monoisotopic (exact) mass is 2020 g/mol. The van der Waals surface area contributed by atoms with Gasteiger partial charge in [0.1, 0.15) is 17.2 Å². The normalized spacial score (nSPS) is 11.0. The molecule has 6 N–H and O–H groups in total. The standard InChI is InChI=1S/C21H17ClN2O4S.C20H15ClFNO3S.C20H17ClN2O3S.C19H15ClN2O3S.C19H14ClNO3S.2CH4/c1-14(25)23-17-8-10-18(11-9-17)29(27,28)24-20-12-7-16(22)13-19(20)21(26)15-5-3-2-4-6-15;1-13-6-9-15(10-7-13)27(25,26)23-19-11-8-14(21)12-17(19)20(24)16-4-2-3-5-18(16)22;1-2-14-6-9-16(10-7-14)27(25,26)23-18-11-8-15(21)13-17(18)20(24)19-5-3-4-12-22-19;1-13-5-8-15(9-6-13)26(24,25)22-17-10-7-14(20)12-16(17)19(23)18-4-2-3-11-21-18;20-15-11-12-18(21-25(23,24)16-9-5-2-6-10-16)17(13-15)19(22)14-7-3-1-4-8-14;;/h2-13,24H,1H3,(H,23,25);2-12,23H,1H3;3-13,23H,2H2,1H3;2-12,22H,1H3;1-13,21H;2*1H4. The third-order valence-corrected chi connectivity index (χ3v) is 27.3. The van der Waals surface area contributed by atoms with E-state index in [1.807, 2.05) is 20.8 Å². The molecule has 1 amide bonds. The summed E-state index contributed by atoms with van der Waals surface area (Å²) in [5.41, 5.74) is 5.63. The Kier molecular flexibility index (Phi) is 37.2. The number of ketones is 5. The molecule has 35 heteroatoms. The van der Waals surface area contributed by atoms with Gasteiger partial charge < -0.3 is 5.32 Å². The number of anilines is 6. The van der Waals surface area contributed by atoms with E-state index in [1.165, 1.54) is 201 Å². The molecule has 0 aliphatic carbocycles. The van der Waals surface area contributed by atoms with Crippen molar-refractivity contribution in [1.82, 2.24) is 9.97 Å². The number of hydrogen-bond donors (Lipinski definition) is 6. The molecule has 15 aromatic rings. The molecule has 15 rings (SSSR count). The highest BCUT2D eigenvalue weighted by atomic mass is 35.5. The van der Waals surface area contributed by atoms with E-state index in [-0.39, 0.29) is 135 Å². The van der Waals surface area contributed by atoms with E-state index >= 15 is 0 Å². The summed E-state index contributed by atoms with van der Waals surface area (Å²) in [5, 5.41) is 4.10. The van der Waals surface area contributed by atoms with Crippen LogP contribution in [0.4, 0.5) is 38.5 Å². The summed E-state index contributed by atoms with van der Waals surface area (Å²) in [6.45, 7) is 7.06. The highest BCUT2D eigenvalue weighted by Gasteiger charge is 2.28. The summed E-state index contributed by atoms with van der Waals surface area (Å²) >= 11 is 30.0. The molecule has 0 saturated heterocycles. The van der Waals surface area contributed by atoms with Crippen molar-refractivity contribution < 1.29 is 75.2 Å². The van der Waals surface area contributed by atoms with Crippen LogP contribution in [0.1, 0.15) is 125 Å². The van der Waals surface area contributed by atoms with Gasteiger partial charge in [-0.25, -0.2) is 46.5 Å². The highest BCUT2D eigenvalue weighted by molar-refractivity contribution is 7.94. The zero-order valence-electron chi connectivity index (χ0n) is 70.9. The molecule has 0 spiro atoms. The minimum atomic E-state index is -3.97. The smallest absolute Gasteiger partial charge is 0.261 e. The first-order valence-corrected chi connectivity index (χ1v) is 49.3. The van der Waals surface area contributed by atoms with Gasteiger partial charge in [-0.15, -0.1) is 0 Å². The number of hydrogen-bond acceptors (Lipinski definition) is 18. The number of pyridine rings is 2. The predicted molar refractivity (Wildman–Crippen MR) is 535 cm³/mol. The summed E-state index contributed by atoms with van der Waals surface area (Å²) in [6, 6.07) is 87.2. The quantitative estimate of drug-likeness (QED) is 0.0260. The molecule has 0 aliphatic rings. The minimum absolute atomic E-state index is 0. The van der Waals surface area contributed by atoms with E-state index in [4.69, 9.17) is 58.0 Å². The summed E-state index contributed by atoms with van der Waals surface area (Å²) in [5.74, 6) is -3.14. The van der Waals surface area contributed by atoms with E-state index < -0.39 is 73.3 Å². The van der Waals surface area contributed by atoms with Crippen molar-refractivity contribution >= 4 is 177 Å². The highest BCUT2D eigenvalue weighted by Crippen LogP contribution is 2.34. The van der Waals surface area contributed by atoms with E-state index in [1.54, 1.807) is 152 Å². The largest absolute Gasteiger partial charge is 0.326 e. The third kappa shape index (κ3) is 28.8. The lowest BCUT2D eigenvalue weighted by atomic mass is 10.0. The molecule has 13 aromatic carbocycles. The predicted octanol–water partition coefficient (Wildman–Crippen LogP) is 23.2. The topological polar surface area (TPSA) is 371 Å². The Morgan fingerprint density at radius 1 is 0.294 bits per heavy atom. The first-order valence-electron chi connectivity index (χ1n) is 40.0. The molecule has 0 unspecified atom stereocenters. The number of halogens is 6. The number of sulfonamides is 5. The van der Waals surface area contributed by atoms with Crippen LogP contribution in [0.15, 0.2) is 377 Å². The van der Waals surface area contributed by atoms with Crippen molar-refractivity contribution in [2.75, 3.05) is 28.9 Å². The van der Waals surface area contributed by atoms with E-state index in [9.17, 15) is 75.2 Å². The van der Waals surface area contributed by atoms with Gasteiger partial charge in [-0.2, -0.15) is 0 Å². The van der Waals surface area contributed by atoms with Crippen LogP contribution in [0.5, 0.6) is 0 Å². The van der Waals surface area contributed by atoms with Crippen LogP contribution >= 0.6 is 58.0 Å². The van der Waals surface area contributed by atoms with Gasteiger partial charge in [-0.1, -0.05) is 230 Å². The molecule has 2 heterocycles. The Bertz CT molecular complexity index is 7460. The molecule has 0 radical (unpaired) electrons. The van der Waals surface area contributed by atoms with E-state index in [0.717, 1.165) is 29.2 Å². The zero-order chi connectivity index (χ0) is 96.7. The average Bonchev–Trinajstić information content (AvgIpc) is 0.806. The van der Waals surface area contributed by atoms with Crippen molar-refractivity contribution in [3.8, 4) is 0 Å². The molecule has 2 aromatic heterocycles. The second-order valence-corrected chi connectivity index (χ2v) is 39.5. The maximum Gasteiger partial charge on any atom is 0.261 e. The SMILES string of the molecule is C.C.CC(=O)Nc1ccc(S(=O)(=O)Nc2ccc(Cl)cc2C(=O)c2ccccc2)cc1.CCc1ccc(S(=O)(=O)Nc2ccc(Cl)cc2C(=O)c2ccccn2)cc1.Cc1ccc(S(=O)(=O)Nc2ccc(Cl)cc2C(=O)c2ccccc2F)cc1.Cc1ccc(S(=O)(=O)Nc2ccc(Cl)cc2C(=O)c2ccccn2)cc1.O=C(c1ccccc1)c1cc(Cl)ccc1NS(=O)(=O)c1ccccc1. The average molecular weight is 2020 g/mol. The van der Waals surface area contributed by atoms with Crippen LogP contribution in [-0.2, 0) is 61.3 Å². The number of carbonyl (C=O) groups excluding carboxylic acids is 6. The number of nitrogens with one attached hydrogen (secondary N) is 6.